The van der Waals surface area contributed by atoms with E-state index in [0.29, 0.717) is 25.7 Å². The van der Waals surface area contributed by atoms with Crippen LogP contribution in [-0.2, 0) is 9.47 Å². The molecule has 1 rings (SSSR count). The Morgan fingerprint density at radius 2 is 1.86 bits per heavy atom. The topological polar surface area (TPSA) is 41.9 Å². The minimum absolute atomic E-state index is 0.314. The van der Waals surface area contributed by atoms with Gasteiger partial charge in [0.05, 0.1) is 19.3 Å². The van der Waals surface area contributed by atoms with Crippen LogP contribution in [0, 0.1) is 6.92 Å². The summed E-state index contributed by atoms with van der Waals surface area (Å²) in [4.78, 5) is 2.30. The van der Waals surface area contributed by atoms with Crippen LogP contribution in [0.25, 0.3) is 0 Å². The van der Waals surface area contributed by atoms with E-state index in [0.717, 1.165) is 24.2 Å². The van der Waals surface area contributed by atoms with Crippen molar-refractivity contribution in [3.8, 4) is 0 Å². The lowest BCUT2D eigenvalue weighted by molar-refractivity contribution is 0.0611. The molecular formula is C17H29NO3. The van der Waals surface area contributed by atoms with Gasteiger partial charge in [0.1, 0.15) is 0 Å². The van der Waals surface area contributed by atoms with Crippen molar-refractivity contribution in [2.45, 2.75) is 32.4 Å². The van der Waals surface area contributed by atoms with Crippen molar-refractivity contribution in [3.63, 3.8) is 0 Å². The van der Waals surface area contributed by atoms with Crippen molar-refractivity contribution in [2.75, 3.05) is 40.5 Å². The van der Waals surface area contributed by atoms with Crippen LogP contribution >= 0.6 is 0 Å². The molecule has 0 amide bonds. The third kappa shape index (κ3) is 6.14. The van der Waals surface area contributed by atoms with Crippen molar-refractivity contribution in [2.24, 2.45) is 0 Å². The van der Waals surface area contributed by atoms with Crippen LogP contribution in [0.1, 0.15) is 30.6 Å². The van der Waals surface area contributed by atoms with Crippen LogP contribution in [0.2, 0.25) is 0 Å². The highest BCUT2D eigenvalue weighted by Gasteiger charge is 2.16. The van der Waals surface area contributed by atoms with Crippen molar-refractivity contribution in [3.05, 3.63) is 35.4 Å². The monoisotopic (exact) mass is 295 g/mol. The maximum atomic E-state index is 10.4. The highest BCUT2D eigenvalue weighted by Crippen LogP contribution is 2.20. The first-order valence-corrected chi connectivity index (χ1v) is 7.55. The quantitative estimate of drug-likeness (QED) is 0.720. The number of nitrogens with zero attached hydrogens (tertiary/aromatic N) is 1. The molecular weight excluding hydrogens is 266 g/mol. The Bertz CT molecular complexity index is 397. The summed E-state index contributed by atoms with van der Waals surface area (Å²) in [6.45, 7) is 7.22. The van der Waals surface area contributed by atoms with Gasteiger partial charge in [0.15, 0.2) is 0 Å². The summed E-state index contributed by atoms with van der Waals surface area (Å²) >= 11 is 0. The van der Waals surface area contributed by atoms with Crippen LogP contribution in [0.3, 0.4) is 0 Å². The molecule has 0 aromatic heterocycles. The Hall–Kier alpha value is -0.940. The molecule has 0 spiro atoms. The third-order valence-electron chi connectivity index (χ3n) is 3.85. The molecule has 4 nitrogen and oxygen atoms in total. The summed E-state index contributed by atoms with van der Waals surface area (Å²) in [6, 6.07) is 8.32. The van der Waals surface area contributed by atoms with Crippen molar-refractivity contribution in [1.82, 2.24) is 4.90 Å². The molecule has 0 aliphatic heterocycles. The molecule has 2 atom stereocenters. The summed E-state index contributed by atoms with van der Waals surface area (Å²) in [5, 5.41) is 10.4. The number of rotatable bonds is 10. The fraction of sp³-hybridized carbons (Fsp3) is 0.647. The van der Waals surface area contributed by atoms with E-state index in [9.17, 15) is 5.11 Å². The molecule has 1 aromatic rings. The minimum atomic E-state index is -0.425. The lowest BCUT2D eigenvalue weighted by atomic mass is 10.0. The second-order valence-corrected chi connectivity index (χ2v) is 5.49. The summed E-state index contributed by atoms with van der Waals surface area (Å²) in [5.74, 6) is 0. The van der Waals surface area contributed by atoms with Crippen LogP contribution in [0.4, 0.5) is 0 Å². The van der Waals surface area contributed by atoms with Crippen molar-refractivity contribution < 1.29 is 14.6 Å². The average molecular weight is 295 g/mol. The normalized spacial score (nSPS) is 14.4. The highest BCUT2D eigenvalue weighted by atomic mass is 16.5. The molecule has 0 radical (unpaired) electrons. The van der Waals surface area contributed by atoms with E-state index < -0.39 is 6.10 Å². The number of hydrogen-bond acceptors (Lipinski definition) is 4. The first-order chi connectivity index (χ1) is 10.1. The Labute approximate surface area is 128 Å². The largest absolute Gasteiger partial charge is 0.388 e. The van der Waals surface area contributed by atoms with Gasteiger partial charge in [0.2, 0.25) is 0 Å². The van der Waals surface area contributed by atoms with Crippen molar-refractivity contribution >= 4 is 0 Å². The summed E-state index contributed by atoms with van der Waals surface area (Å²) in [5.41, 5.74) is 2.15. The van der Waals surface area contributed by atoms with Gasteiger partial charge in [-0.2, -0.15) is 0 Å². The van der Waals surface area contributed by atoms with E-state index in [1.54, 1.807) is 14.2 Å². The molecule has 21 heavy (non-hydrogen) atoms. The smallest absolute Gasteiger partial charge is 0.0804 e. The fourth-order valence-corrected chi connectivity index (χ4v) is 2.51. The van der Waals surface area contributed by atoms with Gasteiger partial charge in [0.25, 0.3) is 0 Å². The van der Waals surface area contributed by atoms with Crippen LogP contribution in [0.15, 0.2) is 24.3 Å². The van der Waals surface area contributed by atoms with Gasteiger partial charge in [-0.3, -0.25) is 4.90 Å². The SMILES string of the molecule is COCCN(CCC(O)c1ccccc1C)C(C)COC. The van der Waals surface area contributed by atoms with Crippen molar-refractivity contribution in [1.29, 1.82) is 0 Å². The van der Waals surface area contributed by atoms with Crippen LogP contribution in [0.5, 0.6) is 0 Å². The van der Waals surface area contributed by atoms with E-state index in [1.807, 2.05) is 31.2 Å². The Morgan fingerprint density at radius 1 is 1.14 bits per heavy atom. The lowest BCUT2D eigenvalue weighted by Crippen LogP contribution is -2.39. The zero-order chi connectivity index (χ0) is 15.7. The number of hydrogen-bond donors (Lipinski definition) is 1. The molecule has 0 heterocycles. The molecule has 120 valence electrons. The Morgan fingerprint density at radius 3 is 2.48 bits per heavy atom. The highest BCUT2D eigenvalue weighted by molar-refractivity contribution is 5.27. The van der Waals surface area contributed by atoms with Crippen LogP contribution in [-0.4, -0.2) is 56.6 Å². The van der Waals surface area contributed by atoms with Gasteiger partial charge in [-0.15, -0.1) is 0 Å². The number of aryl methyl sites for hydroxylation is 1. The number of methoxy groups -OCH3 is 2. The Kier molecular flexibility index (Phi) is 8.54. The zero-order valence-electron chi connectivity index (χ0n) is 13.7. The van der Waals surface area contributed by atoms with Gasteiger partial charge in [-0.1, -0.05) is 24.3 Å². The van der Waals surface area contributed by atoms with Gasteiger partial charge in [-0.25, -0.2) is 0 Å². The van der Waals surface area contributed by atoms with Crippen LogP contribution < -0.4 is 0 Å². The zero-order valence-corrected chi connectivity index (χ0v) is 13.7. The van der Waals surface area contributed by atoms with E-state index in [4.69, 9.17) is 9.47 Å². The predicted octanol–water partition coefficient (Wildman–Crippen LogP) is 2.40. The number of ether oxygens (including phenoxy) is 2. The Balaban J connectivity index is 2.56. The van der Waals surface area contributed by atoms with Gasteiger partial charge < -0.3 is 14.6 Å². The van der Waals surface area contributed by atoms with E-state index in [2.05, 4.69) is 11.8 Å². The first-order valence-electron chi connectivity index (χ1n) is 7.55. The fourth-order valence-electron chi connectivity index (χ4n) is 2.51. The second kappa shape index (κ2) is 9.90. The molecule has 0 aliphatic rings. The van der Waals surface area contributed by atoms with E-state index >= 15 is 0 Å². The number of benzene rings is 1. The minimum Gasteiger partial charge on any atom is -0.388 e. The summed E-state index contributed by atoms with van der Waals surface area (Å²) in [6.07, 6.45) is 0.286. The molecule has 0 aliphatic carbocycles. The van der Waals surface area contributed by atoms with Gasteiger partial charge >= 0.3 is 0 Å². The van der Waals surface area contributed by atoms with Gasteiger partial charge in [-0.05, 0) is 31.4 Å². The van der Waals surface area contributed by atoms with E-state index in [1.165, 1.54) is 0 Å². The molecule has 0 bridgehead atoms. The molecule has 2 unspecified atom stereocenters. The summed E-state index contributed by atoms with van der Waals surface area (Å²) in [7, 11) is 3.43. The second-order valence-electron chi connectivity index (χ2n) is 5.49. The maximum absolute atomic E-state index is 10.4. The average Bonchev–Trinajstić information content (AvgIpc) is 2.47. The third-order valence-corrected chi connectivity index (χ3v) is 3.85. The van der Waals surface area contributed by atoms with Gasteiger partial charge in [0, 0.05) is 33.4 Å². The molecule has 0 saturated heterocycles. The maximum Gasteiger partial charge on any atom is 0.0804 e. The standard InChI is InChI=1S/C17H29NO3/c1-14-7-5-6-8-16(14)17(19)9-10-18(11-12-20-3)15(2)13-21-4/h5-8,15,17,19H,9-13H2,1-4H3. The lowest BCUT2D eigenvalue weighted by Gasteiger charge is -2.29. The molecule has 1 aromatic carbocycles. The molecule has 4 heteroatoms. The van der Waals surface area contributed by atoms with E-state index in [-0.39, 0.29) is 0 Å². The number of aliphatic hydroxyl groups is 1. The molecule has 1 N–H and O–H groups in total. The summed E-state index contributed by atoms with van der Waals surface area (Å²) < 4.78 is 10.4. The number of aliphatic hydroxyl groups excluding tert-OH is 1. The predicted molar refractivity (Wildman–Crippen MR) is 85.5 cm³/mol. The molecule has 0 saturated carbocycles. The first kappa shape index (κ1) is 18.1. The molecule has 0 fully saturated rings.